The van der Waals surface area contributed by atoms with Gasteiger partial charge < -0.3 is 0 Å². The van der Waals surface area contributed by atoms with Crippen molar-refractivity contribution in [3.8, 4) is 0 Å². The fourth-order valence-electron chi connectivity index (χ4n) is 2.89. The van der Waals surface area contributed by atoms with Gasteiger partial charge in [0.05, 0.1) is 5.75 Å². The molecule has 2 bridgehead atoms. The molecule has 2 rings (SSSR count). The second kappa shape index (κ2) is 6.09. The lowest BCUT2D eigenvalue weighted by atomic mass is 9.87. The van der Waals surface area contributed by atoms with E-state index >= 15 is 0 Å². The van der Waals surface area contributed by atoms with Crippen molar-refractivity contribution in [2.24, 2.45) is 17.8 Å². The molecule has 0 spiro atoms. The minimum absolute atomic E-state index is 0.168. The van der Waals surface area contributed by atoms with Crippen LogP contribution in [-0.2, 0) is 10.1 Å². The number of rotatable bonds is 3. The van der Waals surface area contributed by atoms with Gasteiger partial charge in [0.1, 0.15) is 0 Å². The van der Waals surface area contributed by atoms with E-state index in [0.29, 0.717) is 11.8 Å². The summed E-state index contributed by atoms with van der Waals surface area (Å²) in [7, 11) is -3.66. The molecule has 3 atom stereocenters. The molecule has 6 heteroatoms. The lowest BCUT2D eigenvalue weighted by molar-refractivity contribution is 0.0987. The van der Waals surface area contributed by atoms with Crippen molar-refractivity contribution in [1.29, 1.82) is 0 Å². The predicted octanol–water partition coefficient (Wildman–Crippen LogP) is 2.97. The molecule has 3 nitrogen and oxygen atoms in total. The molecule has 0 aliphatic heterocycles. The molecule has 3 unspecified atom stereocenters. The number of hydrogen-bond donors (Lipinski definition) is 1. The van der Waals surface area contributed by atoms with Gasteiger partial charge in [-0.05, 0) is 43.9 Å². The Morgan fingerprint density at radius 1 is 1.29 bits per heavy atom. The Morgan fingerprint density at radius 2 is 1.88 bits per heavy atom. The van der Waals surface area contributed by atoms with Crippen LogP contribution in [0.5, 0.6) is 0 Å². The van der Waals surface area contributed by atoms with Gasteiger partial charge in [0.25, 0.3) is 10.1 Å². The first-order chi connectivity index (χ1) is 7.81. The molecule has 0 amide bonds. The molecule has 2 fully saturated rings. The quantitative estimate of drug-likeness (QED) is 0.802. The Balaban J connectivity index is 0.000000209. The summed E-state index contributed by atoms with van der Waals surface area (Å²) in [6.45, 7) is 1.37. The lowest BCUT2D eigenvalue weighted by Crippen LogP contribution is -2.13. The fraction of sp³-hybridized carbons (Fsp3) is 1.00. The first kappa shape index (κ1) is 14.8. The highest BCUT2D eigenvalue weighted by molar-refractivity contribution is 7.85. The molecule has 0 heterocycles. The average Bonchev–Trinajstić information content (AvgIpc) is 2.78. The summed E-state index contributed by atoms with van der Waals surface area (Å²) >= 11 is 0. The monoisotopic (exact) mass is 270 g/mol. The molecular weight excluding hydrogens is 250 g/mol. The van der Waals surface area contributed by atoms with E-state index in [4.69, 9.17) is 4.55 Å². The van der Waals surface area contributed by atoms with Crippen molar-refractivity contribution in [1.82, 2.24) is 0 Å². The van der Waals surface area contributed by atoms with Crippen LogP contribution < -0.4 is 0 Å². The summed E-state index contributed by atoms with van der Waals surface area (Å²) in [6.07, 6.45) is 2.97. The highest BCUT2D eigenvalue weighted by Gasteiger charge is 2.40. The zero-order valence-corrected chi connectivity index (χ0v) is 10.8. The van der Waals surface area contributed by atoms with Gasteiger partial charge in [0, 0.05) is 6.42 Å². The van der Waals surface area contributed by atoms with E-state index in [1.165, 1.54) is 26.2 Å². The molecule has 0 radical (unpaired) electrons. The topological polar surface area (TPSA) is 54.4 Å². The number of halogens is 2. The van der Waals surface area contributed by atoms with Crippen molar-refractivity contribution < 1.29 is 21.8 Å². The van der Waals surface area contributed by atoms with Crippen molar-refractivity contribution in [2.45, 2.75) is 45.5 Å². The van der Waals surface area contributed by atoms with E-state index in [-0.39, 0.29) is 12.2 Å². The first-order valence-electron chi connectivity index (χ1n) is 6.05. The Labute approximate surface area is 101 Å². The highest BCUT2D eigenvalue weighted by atomic mass is 32.2. The van der Waals surface area contributed by atoms with Crippen LogP contribution in [0, 0.1) is 17.8 Å². The van der Waals surface area contributed by atoms with Crippen LogP contribution in [-0.4, -0.2) is 25.1 Å². The standard InChI is InChI=1S/C9H14F2.C2H6O3S/c10-9(11)5-8-4-6-1-2-7(8)3-6;1-2-6(3,4)5/h6-9H,1-5H2;2H2,1H3,(H,3,4,5). The third-order valence-electron chi connectivity index (χ3n) is 3.73. The molecule has 2 aliphatic carbocycles. The van der Waals surface area contributed by atoms with Gasteiger partial charge in [0.15, 0.2) is 0 Å². The molecule has 2 aliphatic rings. The van der Waals surface area contributed by atoms with Gasteiger partial charge in [-0.1, -0.05) is 6.42 Å². The van der Waals surface area contributed by atoms with Gasteiger partial charge in [-0.25, -0.2) is 8.78 Å². The molecule has 0 aromatic carbocycles. The Kier molecular flexibility index (Phi) is 5.31. The molecule has 0 aromatic rings. The summed E-state index contributed by atoms with van der Waals surface area (Å²) in [4.78, 5) is 0. The second-order valence-corrected chi connectivity index (χ2v) is 6.67. The summed E-state index contributed by atoms with van der Waals surface area (Å²) < 4.78 is 50.9. The van der Waals surface area contributed by atoms with Crippen molar-refractivity contribution in [3.63, 3.8) is 0 Å². The third-order valence-corrected chi connectivity index (χ3v) is 4.46. The Hall–Kier alpha value is -0.230. The fourth-order valence-corrected chi connectivity index (χ4v) is 2.89. The highest BCUT2D eigenvalue weighted by Crippen LogP contribution is 2.50. The molecule has 2 saturated carbocycles. The predicted molar refractivity (Wildman–Crippen MR) is 61.6 cm³/mol. The van der Waals surface area contributed by atoms with E-state index in [9.17, 15) is 17.2 Å². The maximum Gasteiger partial charge on any atom is 0.264 e. The summed E-state index contributed by atoms with van der Waals surface area (Å²) in [6, 6.07) is 0. The van der Waals surface area contributed by atoms with E-state index in [1.54, 1.807) is 0 Å². The molecule has 102 valence electrons. The van der Waals surface area contributed by atoms with Crippen molar-refractivity contribution >= 4 is 10.1 Å². The minimum atomic E-state index is -3.66. The number of hydrogen-bond acceptors (Lipinski definition) is 2. The van der Waals surface area contributed by atoms with Crippen molar-refractivity contribution in [3.05, 3.63) is 0 Å². The molecule has 17 heavy (non-hydrogen) atoms. The van der Waals surface area contributed by atoms with E-state index in [1.807, 2.05) is 0 Å². The summed E-state index contributed by atoms with van der Waals surface area (Å²) in [5.74, 6) is 1.64. The van der Waals surface area contributed by atoms with Crippen LogP contribution >= 0.6 is 0 Å². The van der Waals surface area contributed by atoms with E-state index in [0.717, 1.165) is 12.3 Å². The third kappa shape index (κ3) is 5.29. The van der Waals surface area contributed by atoms with Gasteiger partial charge in [-0.2, -0.15) is 8.42 Å². The largest absolute Gasteiger partial charge is 0.286 e. The minimum Gasteiger partial charge on any atom is -0.286 e. The van der Waals surface area contributed by atoms with Gasteiger partial charge in [-0.15, -0.1) is 0 Å². The van der Waals surface area contributed by atoms with E-state index in [2.05, 4.69) is 0 Å². The van der Waals surface area contributed by atoms with Crippen LogP contribution in [0.25, 0.3) is 0 Å². The Bertz CT molecular complexity index is 330. The number of fused-ring (bicyclic) bond motifs is 2. The van der Waals surface area contributed by atoms with Gasteiger partial charge >= 0.3 is 0 Å². The Morgan fingerprint density at radius 3 is 2.18 bits per heavy atom. The van der Waals surface area contributed by atoms with Gasteiger partial charge in [0.2, 0.25) is 6.43 Å². The van der Waals surface area contributed by atoms with E-state index < -0.39 is 16.5 Å². The van der Waals surface area contributed by atoms with Crippen molar-refractivity contribution in [2.75, 3.05) is 5.75 Å². The summed E-state index contributed by atoms with van der Waals surface area (Å²) in [5.41, 5.74) is 0. The molecule has 0 saturated heterocycles. The SMILES string of the molecule is CCS(=O)(=O)O.FC(F)CC1CC2CCC1C2. The lowest BCUT2D eigenvalue weighted by Gasteiger charge is -2.20. The molecule has 1 N–H and O–H groups in total. The van der Waals surface area contributed by atoms with Crippen LogP contribution in [0.4, 0.5) is 8.78 Å². The normalized spacial score (nSPS) is 31.5. The first-order valence-corrected chi connectivity index (χ1v) is 7.66. The van der Waals surface area contributed by atoms with Crippen LogP contribution in [0.3, 0.4) is 0 Å². The van der Waals surface area contributed by atoms with Crippen LogP contribution in [0.1, 0.15) is 39.0 Å². The molecular formula is C11H20F2O3S. The zero-order valence-electron chi connectivity index (χ0n) is 9.98. The zero-order chi connectivity index (χ0) is 13.1. The smallest absolute Gasteiger partial charge is 0.264 e. The molecule has 0 aromatic heterocycles. The number of alkyl halides is 2. The van der Waals surface area contributed by atoms with Gasteiger partial charge in [-0.3, -0.25) is 4.55 Å². The van der Waals surface area contributed by atoms with Crippen LogP contribution in [0.15, 0.2) is 0 Å². The average molecular weight is 270 g/mol. The maximum atomic E-state index is 12.0. The maximum absolute atomic E-state index is 12.0. The summed E-state index contributed by atoms with van der Waals surface area (Å²) in [5, 5.41) is 0. The second-order valence-electron chi connectivity index (χ2n) is 4.93. The van der Waals surface area contributed by atoms with Crippen LogP contribution in [0.2, 0.25) is 0 Å².